The van der Waals surface area contributed by atoms with Gasteiger partial charge in [0, 0.05) is 32.4 Å². The van der Waals surface area contributed by atoms with E-state index in [4.69, 9.17) is 4.74 Å². The Morgan fingerprint density at radius 2 is 1.88 bits per heavy atom. The Balaban J connectivity index is 1.85. The van der Waals surface area contributed by atoms with Gasteiger partial charge < -0.3 is 15.0 Å². The van der Waals surface area contributed by atoms with E-state index >= 15 is 0 Å². The Hall–Kier alpha value is -2.66. The third-order valence-corrected chi connectivity index (χ3v) is 4.73. The van der Waals surface area contributed by atoms with E-state index in [0.29, 0.717) is 25.3 Å². The van der Waals surface area contributed by atoms with Gasteiger partial charge in [-0.25, -0.2) is 0 Å². The van der Waals surface area contributed by atoms with Crippen LogP contribution in [0, 0.1) is 6.92 Å². The fraction of sp³-hybridized carbons (Fsp3) is 0.333. The summed E-state index contributed by atoms with van der Waals surface area (Å²) in [6.07, 6.45) is 0.738. The van der Waals surface area contributed by atoms with Gasteiger partial charge in [-0.05, 0) is 36.1 Å². The predicted molar refractivity (Wildman–Crippen MR) is 99.7 cm³/mol. The summed E-state index contributed by atoms with van der Waals surface area (Å²) in [5.74, 6) is -0.242. The molecule has 1 aliphatic rings. The second-order valence-electron chi connectivity index (χ2n) is 6.49. The van der Waals surface area contributed by atoms with Gasteiger partial charge in [-0.1, -0.05) is 42.5 Å². The Bertz CT molecular complexity index is 803. The number of benzene rings is 2. The average Bonchev–Trinajstić information content (AvgIpc) is 2.93. The van der Waals surface area contributed by atoms with Crippen LogP contribution in [0.3, 0.4) is 0 Å². The van der Waals surface area contributed by atoms with Gasteiger partial charge in [0.15, 0.2) is 0 Å². The molecule has 0 unspecified atom stereocenters. The molecule has 3 rings (SSSR count). The van der Waals surface area contributed by atoms with Gasteiger partial charge in [0.05, 0.1) is 0 Å². The molecule has 0 aromatic heterocycles. The lowest BCUT2D eigenvalue weighted by Gasteiger charge is -2.25. The van der Waals surface area contributed by atoms with E-state index in [0.717, 1.165) is 23.1 Å². The van der Waals surface area contributed by atoms with Gasteiger partial charge in [0.2, 0.25) is 5.91 Å². The molecule has 1 aliphatic heterocycles. The average molecular weight is 352 g/mol. The number of fused-ring (bicyclic) bond motifs is 1. The van der Waals surface area contributed by atoms with Crippen LogP contribution in [0.25, 0.3) is 0 Å². The van der Waals surface area contributed by atoms with Crippen molar-refractivity contribution in [3.8, 4) is 0 Å². The Morgan fingerprint density at radius 1 is 1.15 bits per heavy atom. The van der Waals surface area contributed by atoms with Crippen molar-refractivity contribution in [3.63, 3.8) is 0 Å². The van der Waals surface area contributed by atoms with Crippen LogP contribution >= 0.6 is 0 Å². The summed E-state index contributed by atoms with van der Waals surface area (Å²) in [6.45, 7) is 3.55. The van der Waals surface area contributed by atoms with E-state index in [-0.39, 0.29) is 11.8 Å². The van der Waals surface area contributed by atoms with Crippen LogP contribution in [0.4, 0.5) is 0 Å². The number of hydrogen-bond acceptors (Lipinski definition) is 3. The smallest absolute Gasteiger partial charge is 0.255 e. The minimum Gasteiger partial charge on any atom is -0.385 e. The van der Waals surface area contributed by atoms with E-state index in [1.165, 1.54) is 0 Å². The van der Waals surface area contributed by atoms with E-state index in [2.05, 4.69) is 5.32 Å². The van der Waals surface area contributed by atoms with Crippen LogP contribution in [-0.4, -0.2) is 37.0 Å². The van der Waals surface area contributed by atoms with Crippen LogP contribution in [-0.2, 0) is 16.1 Å². The molecular weight excluding hydrogens is 328 g/mol. The minimum absolute atomic E-state index is 0.0964. The molecule has 2 aromatic rings. The highest BCUT2D eigenvalue weighted by Gasteiger charge is 2.40. The maximum Gasteiger partial charge on any atom is 0.255 e. The molecule has 2 amide bonds. The van der Waals surface area contributed by atoms with Crippen molar-refractivity contribution in [3.05, 3.63) is 70.8 Å². The van der Waals surface area contributed by atoms with E-state index in [1.807, 2.05) is 49.4 Å². The quantitative estimate of drug-likeness (QED) is 0.780. The molecule has 26 heavy (non-hydrogen) atoms. The van der Waals surface area contributed by atoms with Gasteiger partial charge in [-0.2, -0.15) is 0 Å². The van der Waals surface area contributed by atoms with Gasteiger partial charge in [0.25, 0.3) is 5.91 Å². The van der Waals surface area contributed by atoms with Crippen molar-refractivity contribution in [1.29, 1.82) is 0 Å². The Morgan fingerprint density at radius 3 is 2.65 bits per heavy atom. The SMILES string of the molecule is COCCCNC(=O)[C@H]1c2ccccc2C(=O)N1Cc1ccccc1C. The highest BCUT2D eigenvalue weighted by molar-refractivity contribution is 6.04. The van der Waals surface area contributed by atoms with Crippen LogP contribution in [0.2, 0.25) is 0 Å². The molecule has 1 N–H and O–H groups in total. The zero-order valence-electron chi connectivity index (χ0n) is 15.2. The molecule has 0 bridgehead atoms. The highest BCUT2D eigenvalue weighted by Crippen LogP contribution is 2.35. The molecular formula is C21H24N2O3. The first kappa shape index (κ1) is 18.1. The first-order valence-electron chi connectivity index (χ1n) is 8.84. The summed E-state index contributed by atoms with van der Waals surface area (Å²) >= 11 is 0. The molecule has 0 fully saturated rings. The van der Waals surface area contributed by atoms with Crippen LogP contribution in [0.1, 0.15) is 39.5 Å². The second kappa shape index (κ2) is 8.15. The lowest BCUT2D eigenvalue weighted by atomic mass is 10.0. The number of hydrogen-bond donors (Lipinski definition) is 1. The monoisotopic (exact) mass is 352 g/mol. The molecule has 0 saturated heterocycles. The lowest BCUT2D eigenvalue weighted by molar-refractivity contribution is -0.125. The van der Waals surface area contributed by atoms with Gasteiger partial charge in [0.1, 0.15) is 6.04 Å². The summed E-state index contributed by atoms with van der Waals surface area (Å²) in [5.41, 5.74) is 3.54. The maximum atomic E-state index is 12.9. The molecule has 1 heterocycles. The second-order valence-corrected chi connectivity index (χ2v) is 6.49. The van der Waals surface area contributed by atoms with Gasteiger partial charge >= 0.3 is 0 Å². The predicted octanol–water partition coefficient (Wildman–Crippen LogP) is 2.84. The standard InChI is InChI=1S/C21H24N2O3/c1-15-8-3-4-9-16(15)14-23-19(20(24)22-12-7-13-26-2)17-10-5-6-11-18(17)21(23)25/h3-6,8-11,19H,7,12-14H2,1-2H3,(H,22,24)/t19-/m1/s1. The van der Waals surface area contributed by atoms with Crippen molar-refractivity contribution < 1.29 is 14.3 Å². The van der Waals surface area contributed by atoms with Crippen molar-refractivity contribution in [2.45, 2.75) is 25.9 Å². The molecule has 0 radical (unpaired) electrons. The number of rotatable bonds is 7. The normalized spacial score (nSPS) is 15.8. The van der Waals surface area contributed by atoms with Crippen LogP contribution < -0.4 is 5.32 Å². The first-order chi connectivity index (χ1) is 12.6. The topological polar surface area (TPSA) is 58.6 Å². The van der Waals surface area contributed by atoms with E-state index in [1.54, 1.807) is 18.1 Å². The van der Waals surface area contributed by atoms with Gasteiger partial charge in [-0.3, -0.25) is 9.59 Å². The minimum atomic E-state index is -0.596. The van der Waals surface area contributed by atoms with Crippen molar-refractivity contribution in [2.75, 3.05) is 20.3 Å². The fourth-order valence-electron chi connectivity index (χ4n) is 3.31. The summed E-state index contributed by atoms with van der Waals surface area (Å²) in [4.78, 5) is 27.5. The lowest BCUT2D eigenvalue weighted by Crippen LogP contribution is -2.39. The van der Waals surface area contributed by atoms with Crippen LogP contribution in [0.15, 0.2) is 48.5 Å². The summed E-state index contributed by atoms with van der Waals surface area (Å²) in [5, 5.41) is 2.94. The largest absolute Gasteiger partial charge is 0.385 e. The number of aryl methyl sites for hydroxylation is 1. The van der Waals surface area contributed by atoms with E-state index < -0.39 is 6.04 Å². The van der Waals surface area contributed by atoms with Crippen LogP contribution in [0.5, 0.6) is 0 Å². The molecule has 136 valence electrons. The van der Waals surface area contributed by atoms with Crippen molar-refractivity contribution >= 4 is 11.8 Å². The summed E-state index contributed by atoms with van der Waals surface area (Å²) < 4.78 is 5.02. The summed E-state index contributed by atoms with van der Waals surface area (Å²) in [6, 6.07) is 14.7. The number of amides is 2. The molecule has 1 atom stereocenters. The molecule has 0 saturated carbocycles. The third kappa shape index (κ3) is 3.63. The number of nitrogens with zero attached hydrogens (tertiary/aromatic N) is 1. The molecule has 5 nitrogen and oxygen atoms in total. The molecule has 0 aliphatic carbocycles. The fourth-order valence-corrected chi connectivity index (χ4v) is 3.31. The molecule has 2 aromatic carbocycles. The van der Waals surface area contributed by atoms with E-state index in [9.17, 15) is 9.59 Å². The summed E-state index contributed by atoms with van der Waals surface area (Å²) in [7, 11) is 1.64. The zero-order valence-corrected chi connectivity index (χ0v) is 15.2. The Kier molecular flexibility index (Phi) is 5.68. The third-order valence-electron chi connectivity index (χ3n) is 4.73. The molecule has 0 spiro atoms. The number of carbonyl (C=O) groups is 2. The number of methoxy groups -OCH3 is 1. The zero-order chi connectivity index (χ0) is 18.5. The van der Waals surface area contributed by atoms with Crippen molar-refractivity contribution in [2.24, 2.45) is 0 Å². The van der Waals surface area contributed by atoms with Gasteiger partial charge in [-0.15, -0.1) is 0 Å². The molecule has 5 heteroatoms. The number of carbonyl (C=O) groups excluding carboxylic acids is 2. The number of ether oxygens (including phenoxy) is 1. The highest BCUT2D eigenvalue weighted by atomic mass is 16.5. The maximum absolute atomic E-state index is 12.9. The first-order valence-corrected chi connectivity index (χ1v) is 8.84. The van der Waals surface area contributed by atoms with Crippen molar-refractivity contribution in [1.82, 2.24) is 10.2 Å². The Labute approximate surface area is 154 Å². The number of nitrogens with one attached hydrogen (secondary N) is 1.